The first-order chi connectivity index (χ1) is 15.4. The maximum absolute atomic E-state index is 12.7. The summed E-state index contributed by atoms with van der Waals surface area (Å²) in [5.74, 6) is -1.57. The lowest BCUT2D eigenvalue weighted by Crippen LogP contribution is -2.47. The van der Waals surface area contributed by atoms with Crippen LogP contribution in [-0.2, 0) is 14.3 Å². The SMILES string of the molecule is CCOC(=O)C1=C(COC(=O)c2ccc(OC(F)F)cc2)NC(=O)N[C@@H]1c1ccccc1. The number of nitrogens with one attached hydrogen (secondary N) is 2. The Morgan fingerprint density at radius 2 is 1.69 bits per heavy atom. The number of hydrogen-bond donors (Lipinski definition) is 2. The normalized spacial score (nSPS) is 15.6. The van der Waals surface area contributed by atoms with Gasteiger partial charge < -0.3 is 24.8 Å². The second-order valence-corrected chi connectivity index (χ2v) is 6.53. The highest BCUT2D eigenvalue weighted by molar-refractivity contribution is 5.95. The van der Waals surface area contributed by atoms with E-state index in [1.165, 1.54) is 24.3 Å². The van der Waals surface area contributed by atoms with Gasteiger partial charge >= 0.3 is 24.6 Å². The molecule has 0 bridgehead atoms. The highest BCUT2D eigenvalue weighted by atomic mass is 19.3. The standard InChI is InChI=1S/C22H20F2N2O6/c1-2-30-20(28)17-16(25-22(29)26-18(17)13-6-4-3-5-7-13)12-31-19(27)14-8-10-15(11-9-14)32-21(23)24/h3-11,18,21H,2,12H2,1H3,(H2,25,26,29)/t18-/m1/s1. The maximum atomic E-state index is 12.7. The molecule has 168 valence electrons. The average molecular weight is 446 g/mol. The zero-order valence-corrected chi connectivity index (χ0v) is 17.0. The van der Waals surface area contributed by atoms with Crippen LogP contribution in [0.3, 0.4) is 0 Å². The van der Waals surface area contributed by atoms with Crippen molar-refractivity contribution in [3.63, 3.8) is 0 Å². The molecule has 0 spiro atoms. The first-order valence-corrected chi connectivity index (χ1v) is 9.63. The predicted molar refractivity (Wildman–Crippen MR) is 108 cm³/mol. The van der Waals surface area contributed by atoms with Crippen LogP contribution in [0, 0.1) is 0 Å². The van der Waals surface area contributed by atoms with Gasteiger partial charge in [-0.2, -0.15) is 8.78 Å². The molecule has 0 fully saturated rings. The van der Waals surface area contributed by atoms with Crippen molar-refractivity contribution in [1.29, 1.82) is 0 Å². The number of carbonyl (C=O) groups is 3. The van der Waals surface area contributed by atoms with Crippen LogP contribution >= 0.6 is 0 Å². The molecule has 2 aromatic rings. The van der Waals surface area contributed by atoms with E-state index in [0.717, 1.165) is 0 Å². The molecule has 0 saturated carbocycles. The molecule has 10 heteroatoms. The van der Waals surface area contributed by atoms with Gasteiger partial charge in [-0.05, 0) is 36.8 Å². The fraction of sp³-hybridized carbons (Fsp3) is 0.227. The molecule has 0 saturated heterocycles. The molecule has 8 nitrogen and oxygen atoms in total. The number of carbonyl (C=O) groups excluding carboxylic acids is 3. The van der Waals surface area contributed by atoms with Gasteiger partial charge in [0.2, 0.25) is 0 Å². The molecule has 0 aliphatic carbocycles. The Morgan fingerprint density at radius 3 is 2.31 bits per heavy atom. The fourth-order valence-corrected chi connectivity index (χ4v) is 3.07. The zero-order chi connectivity index (χ0) is 23.1. The highest BCUT2D eigenvalue weighted by Crippen LogP contribution is 2.28. The number of amides is 2. The van der Waals surface area contributed by atoms with Crippen LogP contribution in [0.1, 0.15) is 28.9 Å². The molecule has 3 rings (SSSR count). The van der Waals surface area contributed by atoms with E-state index in [1.54, 1.807) is 37.3 Å². The van der Waals surface area contributed by atoms with E-state index >= 15 is 0 Å². The maximum Gasteiger partial charge on any atom is 0.387 e. The summed E-state index contributed by atoms with van der Waals surface area (Å²) >= 11 is 0. The molecule has 32 heavy (non-hydrogen) atoms. The second-order valence-electron chi connectivity index (χ2n) is 6.53. The van der Waals surface area contributed by atoms with E-state index < -0.39 is 37.2 Å². The van der Waals surface area contributed by atoms with Gasteiger partial charge in [0.15, 0.2) is 0 Å². The molecule has 2 aromatic carbocycles. The van der Waals surface area contributed by atoms with Gasteiger partial charge in [0.05, 0.1) is 29.5 Å². The molecule has 1 heterocycles. The third-order valence-corrected chi connectivity index (χ3v) is 4.44. The molecule has 2 N–H and O–H groups in total. The summed E-state index contributed by atoms with van der Waals surface area (Å²) in [6.45, 7) is -1.65. The van der Waals surface area contributed by atoms with Crippen molar-refractivity contribution >= 4 is 18.0 Å². The van der Waals surface area contributed by atoms with Crippen LogP contribution in [0.25, 0.3) is 0 Å². The van der Waals surface area contributed by atoms with Crippen LogP contribution in [0.2, 0.25) is 0 Å². The van der Waals surface area contributed by atoms with Gasteiger partial charge in [-0.3, -0.25) is 0 Å². The van der Waals surface area contributed by atoms with Crippen LogP contribution in [0.15, 0.2) is 65.9 Å². The quantitative estimate of drug-likeness (QED) is 0.603. The highest BCUT2D eigenvalue weighted by Gasteiger charge is 2.34. The van der Waals surface area contributed by atoms with Gasteiger partial charge in [0, 0.05) is 0 Å². The molecule has 1 aliphatic heterocycles. The summed E-state index contributed by atoms with van der Waals surface area (Å²) in [5, 5.41) is 5.16. The van der Waals surface area contributed by atoms with E-state index in [1.807, 2.05) is 0 Å². The Balaban J connectivity index is 1.82. The Labute approximate surface area is 182 Å². The molecular weight excluding hydrogens is 426 g/mol. The molecule has 1 aliphatic rings. The molecule has 0 radical (unpaired) electrons. The summed E-state index contributed by atoms with van der Waals surface area (Å²) in [5.41, 5.74) is 0.895. The largest absolute Gasteiger partial charge is 0.463 e. The van der Waals surface area contributed by atoms with E-state index in [4.69, 9.17) is 9.47 Å². The summed E-state index contributed by atoms with van der Waals surface area (Å²) in [7, 11) is 0. The minimum atomic E-state index is -2.98. The topological polar surface area (TPSA) is 103 Å². The number of urea groups is 1. The van der Waals surface area contributed by atoms with Gasteiger partial charge in [-0.25, -0.2) is 14.4 Å². The Morgan fingerprint density at radius 1 is 1.00 bits per heavy atom. The molecule has 0 aromatic heterocycles. The van der Waals surface area contributed by atoms with Gasteiger partial charge in [-0.15, -0.1) is 0 Å². The van der Waals surface area contributed by atoms with Crippen molar-refractivity contribution in [2.75, 3.05) is 13.2 Å². The van der Waals surface area contributed by atoms with Gasteiger partial charge in [0.25, 0.3) is 0 Å². The number of rotatable bonds is 8. The first kappa shape index (κ1) is 22.7. The van der Waals surface area contributed by atoms with Crippen molar-refractivity contribution in [2.24, 2.45) is 0 Å². The summed E-state index contributed by atoms with van der Waals surface area (Å²) in [6.07, 6.45) is 0. The van der Waals surface area contributed by atoms with E-state index in [-0.39, 0.29) is 29.2 Å². The van der Waals surface area contributed by atoms with Crippen molar-refractivity contribution < 1.29 is 37.4 Å². The molecule has 0 unspecified atom stereocenters. The van der Waals surface area contributed by atoms with E-state index in [2.05, 4.69) is 15.4 Å². The smallest absolute Gasteiger partial charge is 0.387 e. The minimum absolute atomic E-state index is 0.0739. The number of alkyl halides is 2. The average Bonchev–Trinajstić information content (AvgIpc) is 2.78. The summed E-state index contributed by atoms with van der Waals surface area (Å²) in [4.78, 5) is 37.2. The monoisotopic (exact) mass is 446 g/mol. The first-order valence-electron chi connectivity index (χ1n) is 9.63. The second kappa shape index (κ2) is 10.4. The van der Waals surface area contributed by atoms with E-state index in [9.17, 15) is 23.2 Å². The predicted octanol–water partition coefficient (Wildman–Crippen LogP) is 3.32. The lowest BCUT2D eigenvalue weighted by atomic mass is 9.95. The summed E-state index contributed by atoms with van der Waals surface area (Å²) < 4.78 is 39.1. The molecule has 2 amide bonds. The van der Waals surface area contributed by atoms with E-state index in [0.29, 0.717) is 5.56 Å². The lowest BCUT2D eigenvalue weighted by Gasteiger charge is -2.29. The number of hydrogen-bond acceptors (Lipinski definition) is 6. The van der Waals surface area contributed by atoms with Gasteiger partial charge in [-0.1, -0.05) is 30.3 Å². The Kier molecular flexibility index (Phi) is 7.37. The van der Waals surface area contributed by atoms with Crippen LogP contribution in [0.4, 0.5) is 13.6 Å². The minimum Gasteiger partial charge on any atom is -0.463 e. The third kappa shape index (κ3) is 5.60. The molecular formula is C22H20F2N2O6. The number of benzene rings is 2. The number of ether oxygens (including phenoxy) is 3. The van der Waals surface area contributed by atoms with Crippen molar-refractivity contribution in [3.05, 3.63) is 77.0 Å². The number of esters is 2. The fourth-order valence-electron chi connectivity index (χ4n) is 3.07. The van der Waals surface area contributed by atoms with Crippen LogP contribution in [-0.4, -0.2) is 37.8 Å². The Bertz CT molecular complexity index is 1010. The van der Waals surface area contributed by atoms with Crippen LogP contribution in [0.5, 0.6) is 5.75 Å². The van der Waals surface area contributed by atoms with Crippen molar-refractivity contribution in [1.82, 2.24) is 10.6 Å². The van der Waals surface area contributed by atoms with Crippen molar-refractivity contribution in [3.8, 4) is 5.75 Å². The lowest BCUT2D eigenvalue weighted by molar-refractivity contribution is -0.139. The third-order valence-electron chi connectivity index (χ3n) is 4.44. The van der Waals surface area contributed by atoms with Crippen molar-refractivity contribution in [2.45, 2.75) is 19.6 Å². The summed E-state index contributed by atoms with van der Waals surface area (Å²) in [6, 6.07) is 12.3. The van der Waals surface area contributed by atoms with Gasteiger partial charge in [0.1, 0.15) is 12.4 Å². The van der Waals surface area contributed by atoms with Crippen LogP contribution < -0.4 is 15.4 Å². The zero-order valence-electron chi connectivity index (χ0n) is 17.0. The number of halogens is 2. The molecule has 1 atom stereocenters. The Hall–Kier alpha value is -3.95.